The number of hydrogen-bond acceptors (Lipinski definition) is 3. The third-order valence-electron chi connectivity index (χ3n) is 1.84. The zero-order valence-corrected chi connectivity index (χ0v) is 9.47. The third kappa shape index (κ3) is 2.82. The quantitative estimate of drug-likeness (QED) is 0.826. The van der Waals surface area contributed by atoms with Crippen molar-refractivity contribution in [2.24, 2.45) is 0 Å². The number of aliphatic hydroxyl groups is 1. The van der Waals surface area contributed by atoms with Gasteiger partial charge < -0.3 is 10.0 Å². The van der Waals surface area contributed by atoms with Crippen molar-refractivity contribution in [3.05, 3.63) is 22.4 Å². The first-order valence-electron chi connectivity index (χ1n) is 4.41. The fraction of sp³-hybridized carbons (Fsp3) is 0.500. The van der Waals surface area contributed by atoms with Crippen LogP contribution in [0, 0.1) is 0 Å². The zero-order valence-electron chi connectivity index (χ0n) is 8.65. The van der Waals surface area contributed by atoms with Crippen LogP contribution >= 0.6 is 11.3 Å². The second-order valence-electron chi connectivity index (χ2n) is 3.80. The van der Waals surface area contributed by atoms with Gasteiger partial charge in [-0.05, 0) is 25.3 Å². The monoisotopic (exact) mass is 213 g/mol. The van der Waals surface area contributed by atoms with Crippen LogP contribution in [0.15, 0.2) is 17.5 Å². The van der Waals surface area contributed by atoms with Crippen molar-refractivity contribution in [3.8, 4) is 0 Å². The minimum atomic E-state index is -1.29. The van der Waals surface area contributed by atoms with Gasteiger partial charge in [0.15, 0.2) is 0 Å². The summed E-state index contributed by atoms with van der Waals surface area (Å²) in [6.07, 6.45) is 0. The van der Waals surface area contributed by atoms with E-state index in [9.17, 15) is 9.90 Å². The number of likely N-dealkylation sites (N-methyl/N-ethyl adjacent to an activating group) is 1. The Bertz CT molecular complexity index is 300. The molecule has 0 bridgehead atoms. The molecule has 1 aromatic heterocycles. The predicted molar refractivity (Wildman–Crippen MR) is 57.1 cm³/mol. The van der Waals surface area contributed by atoms with Gasteiger partial charge in [0.05, 0.1) is 6.54 Å². The van der Waals surface area contributed by atoms with Crippen LogP contribution in [-0.4, -0.2) is 28.6 Å². The molecule has 1 aromatic rings. The van der Waals surface area contributed by atoms with Gasteiger partial charge in [0.25, 0.3) is 5.91 Å². The Morgan fingerprint density at radius 2 is 2.29 bits per heavy atom. The molecule has 0 spiro atoms. The maximum atomic E-state index is 11.6. The molecule has 0 saturated heterocycles. The van der Waals surface area contributed by atoms with Crippen LogP contribution in [0.3, 0.4) is 0 Å². The summed E-state index contributed by atoms with van der Waals surface area (Å²) in [5, 5.41) is 11.5. The van der Waals surface area contributed by atoms with E-state index in [1.54, 1.807) is 18.4 Å². The molecule has 1 amide bonds. The Hall–Kier alpha value is -0.870. The van der Waals surface area contributed by atoms with Gasteiger partial charge in [-0.15, -0.1) is 11.3 Å². The lowest BCUT2D eigenvalue weighted by molar-refractivity contribution is -0.146. The van der Waals surface area contributed by atoms with Crippen LogP contribution in [0.5, 0.6) is 0 Å². The Balaban J connectivity index is 2.59. The van der Waals surface area contributed by atoms with E-state index < -0.39 is 5.60 Å². The van der Waals surface area contributed by atoms with Crippen molar-refractivity contribution in [1.29, 1.82) is 0 Å². The number of amides is 1. The van der Waals surface area contributed by atoms with Crippen molar-refractivity contribution in [2.45, 2.75) is 26.0 Å². The minimum absolute atomic E-state index is 0.258. The molecule has 0 aliphatic rings. The van der Waals surface area contributed by atoms with E-state index in [4.69, 9.17) is 0 Å². The van der Waals surface area contributed by atoms with E-state index in [1.807, 2.05) is 17.5 Å². The number of rotatable bonds is 3. The molecule has 0 fully saturated rings. The van der Waals surface area contributed by atoms with Crippen LogP contribution in [0.4, 0.5) is 0 Å². The third-order valence-corrected chi connectivity index (χ3v) is 2.70. The molecule has 78 valence electrons. The minimum Gasteiger partial charge on any atom is -0.381 e. The van der Waals surface area contributed by atoms with Gasteiger partial charge in [-0.1, -0.05) is 6.07 Å². The molecule has 3 nitrogen and oxygen atoms in total. The zero-order chi connectivity index (χ0) is 10.8. The van der Waals surface area contributed by atoms with Crippen LogP contribution < -0.4 is 0 Å². The molecule has 1 rings (SSSR count). The van der Waals surface area contributed by atoms with Gasteiger partial charge >= 0.3 is 0 Å². The lowest BCUT2D eigenvalue weighted by Crippen LogP contribution is -2.42. The second-order valence-corrected chi connectivity index (χ2v) is 4.83. The number of carbonyl (C=O) groups excluding carboxylic acids is 1. The lowest BCUT2D eigenvalue weighted by Gasteiger charge is -2.24. The van der Waals surface area contributed by atoms with E-state index in [1.165, 1.54) is 18.7 Å². The standard InChI is InChI=1S/C10H15NO2S/c1-10(2,13)9(12)11(3)7-8-5-4-6-14-8/h4-6,13H,7H2,1-3H3. The van der Waals surface area contributed by atoms with E-state index in [0.717, 1.165) is 4.88 Å². The van der Waals surface area contributed by atoms with E-state index in [2.05, 4.69) is 0 Å². The molecule has 0 aliphatic carbocycles. The molecule has 0 aliphatic heterocycles. The molecule has 0 aromatic carbocycles. The molecule has 0 unspecified atom stereocenters. The van der Waals surface area contributed by atoms with Gasteiger partial charge in [0.1, 0.15) is 5.60 Å². The molecular weight excluding hydrogens is 198 g/mol. The molecule has 1 heterocycles. The van der Waals surface area contributed by atoms with Gasteiger partial charge in [-0.25, -0.2) is 0 Å². The number of hydrogen-bond donors (Lipinski definition) is 1. The fourth-order valence-corrected chi connectivity index (χ4v) is 1.93. The second kappa shape index (κ2) is 4.11. The average Bonchev–Trinajstić information content (AvgIpc) is 2.53. The van der Waals surface area contributed by atoms with Crippen molar-refractivity contribution < 1.29 is 9.90 Å². The van der Waals surface area contributed by atoms with Crippen LogP contribution in [0.1, 0.15) is 18.7 Å². The largest absolute Gasteiger partial charge is 0.381 e. The normalized spacial score (nSPS) is 11.4. The molecule has 1 N–H and O–H groups in total. The maximum absolute atomic E-state index is 11.6. The highest BCUT2D eigenvalue weighted by atomic mass is 32.1. The summed E-state index contributed by atoms with van der Waals surface area (Å²) < 4.78 is 0. The fourth-order valence-electron chi connectivity index (χ4n) is 1.18. The molecule has 0 radical (unpaired) electrons. The molecule has 4 heteroatoms. The first-order valence-corrected chi connectivity index (χ1v) is 5.29. The Kier molecular flexibility index (Phi) is 3.29. The summed E-state index contributed by atoms with van der Waals surface area (Å²) in [6.45, 7) is 3.56. The first-order chi connectivity index (χ1) is 6.41. The summed E-state index contributed by atoms with van der Waals surface area (Å²) in [6, 6.07) is 3.92. The highest BCUT2D eigenvalue weighted by Gasteiger charge is 2.27. The van der Waals surface area contributed by atoms with Crippen molar-refractivity contribution >= 4 is 17.2 Å². The van der Waals surface area contributed by atoms with E-state index >= 15 is 0 Å². The van der Waals surface area contributed by atoms with Gasteiger partial charge in [-0.2, -0.15) is 0 Å². The molecule has 0 saturated carbocycles. The molecule has 14 heavy (non-hydrogen) atoms. The maximum Gasteiger partial charge on any atom is 0.254 e. The predicted octanol–water partition coefficient (Wildman–Crippen LogP) is 1.48. The number of thiophene rings is 1. The summed E-state index contributed by atoms with van der Waals surface area (Å²) in [4.78, 5) is 14.2. The Morgan fingerprint density at radius 1 is 1.64 bits per heavy atom. The Labute approximate surface area is 88.0 Å². The smallest absolute Gasteiger partial charge is 0.254 e. The van der Waals surface area contributed by atoms with Gasteiger partial charge in [0.2, 0.25) is 0 Å². The number of nitrogens with zero attached hydrogens (tertiary/aromatic N) is 1. The van der Waals surface area contributed by atoms with Crippen molar-refractivity contribution in [3.63, 3.8) is 0 Å². The van der Waals surface area contributed by atoms with Crippen LogP contribution in [0.25, 0.3) is 0 Å². The highest BCUT2D eigenvalue weighted by molar-refractivity contribution is 7.09. The van der Waals surface area contributed by atoms with Gasteiger partial charge in [0, 0.05) is 11.9 Å². The summed E-state index contributed by atoms with van der Waals surface area (Å²) in [5.41, 5.74) is -1.29. The Morgan fingerprint density at radius 3 is 2.71 bits per heavy atom. The molecule has 0 atom stereocenters. The first kappa shape index (κ1) is 11.2. The number of carbonyl (C=O) groups is 1. The van der Waals surface area contributed by atoms with E-state index in [0.29, 0.717) is 6.54 Å². The van der Waals surface area contributed by atoms with Crippen LogP contribution in [0.2, 0.25) is 0 Å². The van der Waals surface area contributed by atoms with Gasteiger partial charge in [-0.3, -0.25) is 4.79 Å². The summed E-state index contributed by atoms with van der Waals surface area (Å²) in [5.74, 6) is -0.258. The van der Waals surface area contributed by atoms with Crippen LogP contribution in [-0.2, 0) is 11.3 Å². The summed E-state index contributed by atoms with van der Waals surface area (Å²) in [7, 11) is 1.69. The van der Waals surface area contributed by atoms with E-state index in [-0.39, 0.29) is 5.91 Å². The average molecular weight is 213 g/mol. The van der Waals surface area contributed by atoms with Crippen molar-refractivity contribution in [1.82, 2.24) is 4.90 Å². The topological polar surface area (TPSA) is 40.5 Å². The van der Waals surface area contributed by atoms with Crippen molar-refractivity contribution in [2.75, 3.05) is 7.05 Å². The lowest BCUT2D eigenvalue weighted by atomic mass is 10.1. The SMILES string of the molecule is CN(Cc1cccs1)C(=O)C(C)(C)O. The molecular formula is C10H15NO2S. The highest BCUT2D eigenvalue weighted by Crippen LogP contribution is 2.13. The summed E-state index contributed by atoms with van der Waals surface area (Å²) >= 11 is 1.60.